The van der Waals surface area contributed by atoms with E-state index in [9.17, 15) is 14.0 Å². The fourth-order valence-electron chi connectivity index (χ4n) is 3.15. The molecular formula is C20H16FN3O3S. The second-order valence-electron chi connectivity index (χ2n) is 6.41. The summed E-state index contributed by atoms with van der Waals surface area (Å²) in [7, 11) is 0. The normalized spacial score (nSPS) is 15.6. The van der Waals surface area contributed by atoms with Gasteiger partial charge in [0, 0.05) is 17.9 Å². The second-order valence-corrected chi connectivity index (χ2v) is 7.21. The zero-order chi connectivity index (χ0) is 19.7. The Balaban J connectivity index is 1.65. The summed E-state index contributed by atoms with van der Waals surface area (Å²) in [6, 6.07) is 13.2. The number of anilines is 1. The van der Waals surface area contributed by atoms with Crippen molar-refractivity contribution < 1.29 is 18.7 Å². The van der Waals surface area contributed by atoms with Gasteiger partial charge in [-0.25, -0.2) is 4.39 Å². The SMILES string of the molecule is NC(=O)COc1ccc([C@H]2CC(=O)Nc3c(-c4ccc(F)cc4)nsc32)cc1. The number of aromatic nitrogens is 1. The van der Waals surface area contributed by atoms with Crippen molar-refractivity contribution in [3.63, 3.8) is 0 Å². The number of nitrogens with two attached hydrogens (primary N) is 1. The maximum Gasteiger partial charge on any atom is 0.255 e. The van der Waals surface area contributed by atoms with Crippen molar-refractivity contribution in [3.8, 4) is 17.0 Å². The fraction of sp³-hybridized carbons (Fsp3) is 0.150. The standard InChI is InChI=1S/C20H16FN3O3S/c21-13-5-1-12(2-6-13)18-19-20(28-24-18)15(9-17(26)23-19)11-3-7-14(8-4-11)27-10-16(22)25/h1-8,15H,9-10H2,(H2,22,25)(H,23,26)/t15-/m1/s1. The summed E-state index contributed by atoms with van der Waals surface area (Å²) in [6.07, 6.45) is 0.305. The molecule has 1 aliphatic heterocycles. The van der Waals surface area contributed by atoms with Gasteiger partial charge in [0.2, 0.25) is 5.91 Å². The molecule has 0 bridgehead atoms. The summed E-state index contributed by atoms with van der Waals surface area (Å²) >= 11 is 1.32. The number of carbonyl (C=O) groups is 2. The van der Waals surface area contributed by atoms with Crippen molar-refractivity contribution in [2.24, 2.45) is 5.73 Å². The van der Waals surface area contributed by atoms with Crippen LogP contribution in [0.25, 0.3) is 11.3 Å². The van der Waals surface area contributed by atoms with Gasteiger partial charge < -0.3 is 15.8 Å². The third-order valence-electron chi connectivity index (χ3n) is 4.47. The number of ether oxygens (including phenoxy) is 1. The number of carbonyl (C=O) groups excluding carboxylic acids is 2. The summed E-state index contributed by atoms with van der Waals surface area (Å²) in [4.78, 5) is 24.1. The van der Waals surface area contributed by atoms with E-state index in [1.807, 2.05) is 12.1 Å². The Labute approximate surface area is 164 Å². The highest BCUT2D eigenvalue weighted by Gasteiger charge is 2.31. The number of hydrogen-bond donors (Lipinski definition) is 2. The molecule has 142 valence electrons. The monoisotopic (exact) mass is 397 g/mol. The van der Waals surface area contributed by atoms with E-state index >= 15 is 0 Å². The van der Waals surface area contributed by atoms with E-state index in [0.29, 0.717) is 23.6 Å². The van der Waals surface area contributed by atoms with Crippen molar-refractivity contribution in [2.75, 3.05) is 11.9 Å². The highest BCUT2D eigenvalue weighted by Crippen LogP contribution is 2.44. The molecule has 2 aromatic carbocycles. The first-order chi connectivity index (χ1) is 13.5. The van der Waals surface area contributed by atoms with Crippen LogP contribution >= 0.6 is 11.5 Å². The van der Waals surface area contributed by atoms with Crippen LogP contribution in [0.5, 0.6) is 5.75 Å². The van der Waals surface area contributed by atoms with E-state index in [4.69, 9.17) is 10.5 Å². The molecule has 0 radical (unpaired) electrons. The van der Waals surface area contributed by atoms with Crippen LogP contribution in [0.4, 0.5) is 10.1 Å². The second kappa shape index (κ2) is 7.40. The average Bonchev–Trinajstić information content (AvgIpc) is 3.10. The number of rotatable bonds is 5. The maximum absolute atomic E-state index is 13.2. The van der Waals surface area contributed by atoms with Crippen molar-refractivity contribution in [2.45, 2.75) is 12.3 Å². The number of primary amides is 1. The third kappa shape index (κ3) is 3.59. The fourth-order valence-corrected chi connectivity index (χ4v) is 4.13. The molecule has 3 aromatic rings. The van der Waals surface area contributed by atoms with Crippen LogP contribution in [0.2, 0.25) is 0 Å². The lowest BCUT2D eigenvalue weighted by Crippen LogP contribution is -2.22. The number of benzene rings is 2. The van der Waals surface area contributed by atoms with Gasteiger partial charge in [0.25, 0.3) is 5.91 Å². The molecule has 0 spiro atoms. The van der Waals surface area contributed by atoms with Crippen molar-refractivity contribution in [1.82, 2.24) is 4.37 Å². The number of fused-ring (bicyclic) bond motifs is 1. The highest BCUT2D eigenvalue weighted by molar-refractivity contribution is 7.07. The number of nitrogens with zero attached hydrogens (tertiary/aromatic N) is 1. The predicted molar refractivity (Wildman–Crippen MR) is 104 cm³/mol. The van der Waals surface area contributed by atoms with E-state index in [1.54, 1.807) is 24.3 Å². The number of nitrogens with one attached hydrogen (secondary N) is 1. The maximum atomic E-state index is 13.2. The minimum absolute atomic E-state index is 0.102. The molecule has 2 amide bonds. The first-order valence-electron chi connectivity index (χ1n) is 8.57. The molecule has 8 heteroatoms. The van der Waals surface area contributed by atoms with Gasteiger partial charge in [0.1, 0.15) is 17.3 Å². The first kappa shape index (κ1) is 18.1. The molecule has 1 atom stereocenters. The highest BCUT2D eigenvalue weighted by atomic mass is 32.1. The van der Waals surface area contributed by atoms with E-state index in [0.717, 1.165) is 16.0 Å². The zero-order valence-electron chi connectivity index (χ0n) is 14.6. The minimum Gasteiger partial charge on any atom is -0.484 e. The van der Waals surface area contributed by atoms with Gasteiger partial charge in [-0.15, -0.1) is 0 Å². The Kier molecular flexibility index (Phi) is 4.79. The quantitative estimate of drug-likeness (QED) is 0.691. The molecule has 2 heterocycles. The van der Waals surface area contributed by atoms with Crippen LogP contribution < -0.4 is 15.8 Å². The molecule has 0 saturated heterocycles. The molecule has 0 unspecified atom stereocenters. The Bertz CT molecular complexity index is 1030. The van der Waals surface area contributed by atoms with E-state index < -0.39 is 5.91 Å². The number of amides is 2. The Hall–Kier alpha value is -3.26. The topological polar surface area (TPSA) is 94.3 Å². The number of hydrogen-bond acceptors (Lipinski definition) is 5. The summed E-state index contributed by atoms with van der Waals surface area (Å²) in [5, 5.41) is 2.90. The summed E-state index contributed by atoms with van der Waals surface area (Å²) in [5.74, 6) is -0.584. The molecule has 0 saturated carbocycles. The van der Waals surface area contributed by atoms with E-state index in [-0.39, 0.29) is 24.2 Å². The minimum atomic E-state index is -0.546. The van der Waals surface area contributed by atoms with Gasteiger partial charge in [-0.2, -0.15) is 4.37 Å². The number of halogens is 1. The van der Waals surface area contributed by atoms with Crippen molar-refractivity contribution >= 4 is 29.0 Å². The molecule has 1 aliphatic rings. The predicted octanol–water partition coefficient (Wildman–Crippen LogP) is 3.29. The lowest BCUT2D eigenvalue weighted by atomic mass is 9.89. The summed E-state index contributed by atoms with van der Waals surface area (Å²) < 4.78 is 23.0. The van der Waals surface area contributed by atoms with Crippen LogP contribution in [-0.4, -0.2) is 22.8 Å². The summed E-state index contributed by atoms with van der Waals surface area (Å²) in [5.41, 5.74) is 8.08. The van der Waals surface area contributed by atoms with Gasteiger partial charge in [-0.1, -0.05) is 12.1 Å². The Morgan fingerprint density at radius 1 is 1.21 bits per heavy atom. The van der Waals surface area contributed by atoms with Gasteiger partial charge in [-0.05, 0) is 53.5 Å². The molecule has 0 aliphatic carbocycles. The smallest absolute Gasteiger partial charge is 0.255 e. The molecule has 3 N–H and O–H groups in total. The molecule has 1 aromatic heterocycles. The largest absolute Gasteiger partial charge is 0.484 e. The van der Waals surface area contributed by atoms with Crippen LogP contribution in [0, 0.1) is 5.82 Å². The van der Waals surface area contributed by atoms with E-state index in [2.05, 4.69) is 9.69 Å². The lowest BCUT2D eigenvalue weighted by molar-refractivity contribution is -0.120. The average molecular weight is 397 g/mol. The van der Waals surface area contributed by atoms with Crippen molar-refractivity contribution in [1.29, 1.82) is 0 Å². The Morgan fingerprint density at radius 2 is 1.93 bits per heavy atom. The molecular weight excluding hydrogens is 381 g/mol. The molecule has 0 fully saturated rings. The lowest BCUT2D eigenvalue weighted by Gasteiger charge is -2.23. The third-order valence-corrected chi connectivity index (χ3v) is 5.43. The van der Waals surface area contributed by atoms with Crippen LogP contribution in [0.15, 0.2) is 48.5 Å². The van der Waals surface area contributed by atoms with Gasteiger partial charge in [-0.3, -0.25) is 9.59 Å². The summed E-state index contributed by atoms with van der Waals surface area (Å²) in [6.45, 7) is -0.189. The van der Waals surface area contributed by atoms with Crippen LogP contribution in [0.1, 0.15) is 22.8 Å². The van der Waals surface area contributed by atoms with E-state index in [1.165, 1.54) is 23.7 Å². The molecule has 4 rings (SSSR count). The molecule has 6 nitrogen and oxygen atoms in total. The van der Waals surface area contributed by atoms with Gasteiger partial charge in [0.05, 0.1) is 10.6 Å². The van der Waals surface area contributed by atoms with Crippen LogP contribution in [0.3, 0.4) is 0 Å². The van der Waals surface area contributed by atoms with Gasteiger partial charge in [0.15, 0.2) is 6.61 Å². The zero-order valence-corrected chi connectivity index (χ0v) is 15.5. The molecule has 28 heavy (non-hydrogen) atoms. The van der Waals surface area contributed by atoms with Gasteiger partial charge >= 0.3 is 0 Å². The Morgan fingerprint density at radius 3 is 2.61 bits per heavy atom. The first-order valence-corrected chi connectivity index (χ1v) is 9.35. The van der Waals surface area contributed by atoms with Crippen molar-refractivity contribution in [3.05, 3.63) is 64.8 Å². The van der Waals surface area contributed by atoms with Crippen LogP contribution in [-0.2, 0) is 9.59 Å².